The molecule has 6 heteroatoms. The zero-order valence-corrected chi connectivity index (χ0v) is 17.9. The minimum absolute atomic E-state index is 0.0868. The molecule has 1 saturated carbocycles. The first-order chi connectivity index (χ1) is 14.5. The van der Waals surface area contributed by atoms with Crippen molar-refractivity contribution < 1.29 is 9.53 Å². The van der Waals surface area contributed by atoms with Crippen LogP contribution in [0.25, 0.3) is 22.2 Å². The molecule has 4 rings (SSSR count). The molecule has 0 aliphatic heterocycles. The summed E-state index contributed by atoms with van der Waals surface area (Å²) in [6.45, 7) is 7.44. The predicted octanol–water partition coefficient (Wildman–Crippen LogP) is 5.23. The van der Waals surface area contributed by atoms with Crippen LogP contribution in [0, 0.1) is 5.92 Å². The van der Waals surface area contributed by atoms with Crippen molar-refractivity contribution >= 4 is 28.3 Å². The monoisotopic (exact) mass is 406 g/mol. The fourth-order valence-corrected chi connectivity index (χ4v) is 3.81. The largest absolute Gasteiger partial charge is 0.494 e. The molecule has 2 amide bonds. The van der Waals surface area contributed by atoms with Gasteiger partial charge in [0.05, 0.1) is 23.5 Å². The van der Waals surface area contributed by atoms with Crippen LogP contribution >= 0.6 is 0 Å². The Labute approximate surface area is 177 Å². The van der Waals surface area contributed by atoms with Crippen LogP contribution < -0.4 is 21.1 Å². The van der Waals surface area contributed by atoms with Gasteiger partial charge in [-0.15, -0.1) is 0 Å². The number of benzene rings is 2. The first-order valence-corrected chi connectivity index (χ1v) is 10.7. The zero-order valence-electron chi connectivity index (χ0n) is 17.9. The summed E-state index contributed by atoms with van der Waals surface area (Å²) in [5, 5.41) is 6.75. The number of hydrogen-bond acceptors (Lipinski definition) is 3. The smallest absolute Gasteiger partial charge is 0.319 e. The highest BCUT2D eigenvalue weighted by Crippen LogP contribution is 2.41. The third kappa shape index (κ3) is 4.22. The molecule has 30 heavy (non-hydrogen) atoms. The fraction of sp³-hybridized carbons (Fsp3) is 0.375. The molecule has 1 aliphatic rings. The lowest BCUT2D eigenvalue weighted by Gasteiger charge is -2.13. The van der Waals surface area contributed by atoms with E-state index in [0.29, 0.717) is 12.5 Å². The van der Waals surface area contributed by atoms with E-state index in [-0.39, 0.29) is 12.1 Å². The van der Waals surface area contributed by atoms with E-state index in [1.165, 1.54) is 12.8 Å². The third-order valence-corrected chi connectivity index (χ3v) is 5.36. The molecule has 0 saturated heterocycles. The second-order valence-electron chi connectivity index (χ2n) is 8.26. The van der Waals surface area contributed by atoms with Gasteiger partial charge in [-0.2, -0.15) is 0 Å². The number of nitrogen functional groups attached to an aromatic ring is 1. The highest BCUT2D eigenvalue weighted by atomic mass is 16.5. The van der Waals surface area contributed by atoms with Crippen molar-refractivity contribution in [1.82, 2.24) is 9.88 Å². The quantitative estimate of drug-likeness (QED) is 0.502. The van der Waals surface area contributed by atoms with E-state index in [1.54, 1.807) is 0 Å². The second-order valence-corrected chi connectivity index (χ2v) is 8.26. The van der Waals surface area contributed by atoms with Crippen LogP contribution in [0.3, 0.4) is 0 Å². The molecule has 4 N–H and O–H groups in total. The number of rotatable bonds is 7. The maximum atomic E-state index is 12.0. The summed E-state index contributed by atoms with van der Waals surface area (Å²) in [5.41, 5.74) is 11.3. The number of hydrogen-bond donors (Lipinski definition) is 3. The number of fused-ring (bicyclic) bond motifs is 1. The van der Waals surface area contributed by atoms with Gasteiger partial charge in [0, 0.05) is 35.3 Å². The van der Waals surface area contributed by atoms with Crippen molar-refractivity contribution in [3.63, 3.8) is 0 Å². The van der Waals surface area contributed by atoms with Gasteiger partial charge in [0.25, 0.3) is 0 Å². The fourth-order valence-electron chi connectivity index (χ4n) is 3.81. The molecule has 2 aromatic carbocycles. The van der Waals surface area contributed by atoms with Gasteiger partial charge in [0.2, 0.25) is 0 Å². The van der Waals surface area contributed by atoms with Crippen LogP contribution in [0.5, 0.6) is 5.75 Å². The number of nitrogens with two attached hydrogens (primary N) is 1. The normalized spacial score (nSPS) is 13.6. The summed E-state index contributed by atoms with van der Waals surface area (Å²) in [6, 6.07) is 13.9. The van der Waals surface area contributed by atoms with Gasteiger partial charge in [-0.1, -0.05) is 12.1 Å². The van der Waals surface area contributed by atoms with Crippen LogP contribution in [-0.4, -0.2) is 23.2 Å². The number of urea groups is 1. The number of amides is 2. The van der Waals surface area contributed by atoms with Crippen LogP contribution in [0.15, 0.2) is 42.5 Å². The lowest BCUT2D eigenvalue weighted by atomic mass is 10.1. The summed E-state index contributed by atoms with van der Waals surface area (Å²) < 4.78 is 8.06. The van der Waals surface area contributed by atoms with Gasteiger partial charge in [0.1, 0.15) is 5.75 Å². The van der Waals surface area contributed by atoms with E-state index in [2.05, 4.69) is 27.3 Å². The van der Waals surface area contributed by atoms with E-state index in [1.807, 2.05) is 51.1 Å². The Morgan fingerprint density at radius 3 is 2.57 bits per heavy atom. The Bertz CT molecular complexity index is 1050. The predicted molar refractivity (Wildman–Crippen MR) is 123 cm³/mol. The van der Waals surface area contributed by atoms with Crippen molar-refractivity contribution in [3.8, 4) is 17.0 Å². The molecule has 1 aliphatic carbocycles. The molecule has 1 aromatic heterocycles. The second kappa shape index (κ2) is 8.30. The Kier molecular flexibility index (Phi) is 5.57. The molecule has 0 unspecified atom stereocenters. The number of carbonyl (C=O) groups is 1. The highest BCUT2D eigenvalue weighted by Gasteiger charge is 2.26. The molecule has 3 aromatic rings. The van der Waals surface area contributed by atoms with E-state index in [9.17, 15) is 4.79 Å². The Hall–Kier alpha value is -3.15. The molecule has 0 radical (unpaired) electrons. The van der Waals surface area contributed by atoms with Crippen LogP contribution in [0.4, 0.5) is 16.2 Å². The highest BCUT2D eigenvalue weighted by molar-refractivity contribution is 6.01. The molecule has 0 bridgehead atoms. The van der Waals surface area contributed by atoms with Crippen molar-refractivity contribution in [2.45, 2.75) is 46.2 Å². The topological polar surface area (TPSA) is 81.3 Å². The minimum atomic E-state index is -0.205. The van der Waals surface area contributed by atoms with Gasteiger partial charge >= 0.3 is 6.03 Å². The molecule has 0 atom stereocenters. The maximum Gasteiger partial charge on any atom is 0.319 e. The Morgan fingerprint density at radius 1 is 1.20 bits per heavy atom. The lowest BCUT2D eigenvalue weighted by molar-refractivity contribution is 0.250. The maximum absolute atomic E-state index is 12.0. The molecular weight excluding hydrogens is 376 g/mol. The van der Waals surface area contributed by atoms with Crippen molar-refractivity contribution in [1.29, 1.82) is 0 Å². The van der Waals surface area contributed by atoms with E-state index in [4.69, 9.17) is 10.5 Å². The molecular formula is C24H30N4O2. The molecule has 6 nitrogen and oxygen atoms in total. The number of aromatic nitrogens is 1. The van der Waals surface area contributed by atoms with Crippen molar-refractivity contribution in [3.05, 3.63) is 42.5 Å². The SMILES string of the molecule is CCOc1ccc2c(N)c(-c3ccc(NC(=O)NC(C)C)cc3)n(CC3CC3)c2c1. The van der Waals surface area contributed by atoms with E-state index >= 15 is 0 Å². The summed E-state index contributed by atoms with van der Waals surface area (Å²) in [7, 11) is 0. The summed E-state index contributed by atoms with van der Waals surface area (Å²) in [6.07, 6.45) is 2.52. The first kappa shape index (κ1) is 20.1. The van der Waals surface area contributed by atoms with Crippen LogP contribution in [0.2, 0.25) is 0 Å². The number of nitrogens with zero attached hydrogens (tertiary/aromatic N) is 1. The first-order valence-electron chi connectivity index (χ1n) is 10.7. The van der Waals surface area contributed by atoms with E-state index < -0.39 is 0 Å². The lowest BCUT2D eigenvalue weighted by Crippen LogP contribution is -2.34. The van der Waals surface area contributed by atoms with Crippen molar-refractivity contribution in [2.24, 2.45) is 5.92 Å². The summed E-state index contributed by atoms with van der Waals surface area (Å²) in [5.74, 6) is 1.57. The third-order valence-electron chi connectivity index (χ3n) is 5.36. The minimum Gasteiger partial charge on any atom is -0.494 e. The average Bonchev–Trinajstić information content (AvgIpc) is 3.48. The zero-order chi connectivity index (χ0) is 21.3. The summed E-state index contributed by atoms with van der Waals surface area (Å²) >= 11 is 0. The van der Waals surface area contributed by atoms with Gasteiger partial charge in [-0.25, -0.2) is 4.79 Å². The number of nitrogens with one attached hydrogen (secondary N) is 2. The Balaban J connectivity index is 1.70. The summed E-state index contributed by atoms with van der Waals surface area (Å²) in [4.78, 5) is 12.0. The molecule has 1 fully saturated rings. The molecule has 1 heterocycles. The van der Waals surface area contributed by atoms with Crippen LogP contribution in [0.1, 0.15) is 33.6 Å². The number of ether oxygens (including phenoxy) is 1. The molecule has 0 spiro atoms. The van der Waals surface area contributed by atoms with Gasteiger partial charge in [-0.3, -0.25) is 0 Å². The van der Waals surface area contributed by atoms with E-state index in [0.717, 1.165) is 45.8 Å². The van der Waals surface area contributed by atoms with Crippen LogP contribution in [-0.2, 0) is 6.54 Å². The standard InChI is InChI=1S/C24H30N4O2/c1-4-30-19-11-12-20-21(13-19)28(14-16-5-6-16)23(22(20)25)17-7-9-18(10-8-17)27-24(29)26-15(2)3/h7-13,15-16H,4-6,14,25H2,1-3H3,(H2,26,27,29). The number of anilines is 2. The van der Waals surface area contributed by atoms with Gasteiger partial charge in [-0.05, 0) is 63.8 Å². The number of carbonyl (C=O) groups excluding carboxylic acids is 1. The van der Waals surface area contributed by atoms with Gasteiger partial charge < -0.3 is 25.7 Å². The van der Waals surface area contributed by atoms with Gasteiger partial charge in [0.15, 0.2) is 0 Å². The molecule has 158 valence electrons. The Morgan fingerprint density at radius 2 is 1.93 bits per heavy atom. The van der Waals surface area contributed by atoms with Crippen molar-refractivity contribution in [2.75, 3.05) is 17.7 Å². The average molecular weight is 407 g/mol.